The number of hydrogen-bond acceptors (Lipinski definition) is 4. The van der Waals surface area contributed by atoms with Crippen molar-refractivity contribution in [1.82, 2.24) is 5.32 Å². The van der Waals surface area contributed by atoms with Crippen molar-refractivity contribution in [2.45, 2.75) is 36.7 Å². The lowest BCUT2D eigenvalue weighted by atomic mass is 9.96. The number of nitrogens with one attached hydrogen (secondary N) is 1. The molecule has 0 aromatic heterocycles. The smallest absolute Gasteiger partial charge is 0.240 e. The van der Waals surface area contributed by atoms with Gasteiger partial charge >= 0.3 is 0 Å². The van der Waals surface area contributed by atoms with E-state index in [0.29, 0.717) is 6.54 Å². The summed E-state index contributed by atoms with van der Waals surface area (Å²) in [4.78, 5) is 12.3. The first-order valence-electron chi connectivity index (χ1n) is 6.57. The van der Waals surface area contributed by atoms with Crippen LogP contribution in [0.2, 0.25) is 0 Å². The molecule has 5 nitrogen and oxygen atoms in total. The molecule has 0 spiro atoms. The normalized spacial score (nSPS) is 18.4. The maximum absolute atomic E-state index is 12.0. The van der Waals surface area contributed by atoms with Crippen molar-refractivity contribution < 1.29 is 13.2 Å². The number of hydrogen-bond donors (Lipinski definition) is 2. The molecule has 0 bridgehead atoms. The zero-order valence-electron chi connectivity index (χ0n) is 11.7. The topological polar surface area (TPSA) is 89.3 Å². The molecule has 0 radical (unpaired) electrons. The molecule has 1 aromatic rings. The van der Waals surface area contributed by atoms with Gasteiger partial charge in [0.25, 0.3) is 0 Å². The minimum absolute atomic E-state index is 0.160. The highest BCUT2D eigenvalue weighted by Gasteiger charge is 2.43. The second kappa shape index (κ2) is 5.18. The van der Waals surface area contributed by atoms with Crippen LogP contribution in [-0.2, 0) is 21.2 Å². The molecule has 1 aliphatic rings. The molecule has 2 rings (SSSR count). The van der Waals surface area contributed by atoms with Crippen LogP contribution in [0, 0.1) is 5.92 Å². The Labute approximate surface area is 119 Å². The fourth-order valence-corrected chi connectivity index (χ4v) is 2.73. The van der Waals surface area contributed by atoms with Gasteiger partial charge in [-0.1, -0.05) is 12.1 Å². The van der Waals surface area contributed by atoms with Crippen LogP contribution < -0.4 is 11.1 Å². The van der Waals surface area contributed by atoms with Crippen LogP contribution in [0.4, 0.5) is 0 Å². The minimum Gasteiger partial charge on any atom is -0.350 e. The van der Waals surface area contributed by atoms with Crippen molar-refractivity contribution in [3.05, 3.63) is 29.8 Å². The van der Waals surface area contributed by atoms with E-state index >= 15 is 0 Å². The Bertz CT molecular complexity index is 602. The summed E-state index contributed by atoms with van der Waals surface area (Å²) in [6.45, 7) is 2.11. The van der Waals surface area contributed by atoms with Gasteiger partial charge in [-0.3, -0.25) is 4.79 Å². The summed E-state index contributed by atoms with van der Waals surface area (Å²) >= 11 is 0. The van der Waals surface area contributed by atoms with Gasteiger partial charge in [0.2, 0.25) is 5.91 Å². The van der Waals surface area contributed by atoms with Gasteiger partial charge in [-0.25, -0.2) is 8.42 Å². The number of carbonyl (C=O) groups excluding carboxylic acids is 1. The monoisotopic (exact) mass is 296 g/mol. The summed E-state index contributed by atoms with van der Waals surface area (Å²) in [5.41, 5.74) is 6.05. The van der Waals surface area contributed by atoms with Gasteiger partial charge in [-0.15, -0.1) is 0 Å². The Morgan fingerprint density at radius 1 is 1.35 bits per heavy atom. The largest absolute Gasteiger partial charge is 0.350 e. The molecule has 20 heavy (non-hydrogen) atoms. The lowest BCUT2D eigenvalue weighted by molar-refractivity contribution is -0.126. The first kappa shape index (κ1) is 15.0. The molecule has 1 amide bonds. The van der Waals surface area contributed by atoms with Crippen LogP contribution in [-0.4, -0.2) is 26.1 Å². The van der Waals surface area contributed by atoms with Crippen LogP contribution in [0.5, 0.6) is 0 Å². The average molecular weight is 296 g/mol. The summed E-state index contributed by atoms with van der Waals surface area (Å²) < 4.78 is 22.7. The Hall–Kier alpha value is -1.40. The highest BCUT2D eigenvalue weighted by molar-refractivity contribution is 7.90. The quantitative estimate of drug-likeness (QED) is 0.842. The first-order valence-corrected chi connectivity index (χ1v) is 8.46. The van der Waals surface area contributed by atoms with E-state index in [-0.39, 0.29) is 16.7 Å². The van der Waals surface area contributed by atoms with Gasteiger partial charge < -0.3 is 11.1 Å². The second-order valence-electron chi connectivity index (χ2n) is 5.66. The predicted molar refractivity (Wildman–Crippen MR) is 76.7 cm³/mol. The van der Waals surface area contributed by atoms with Gasteiger partial charge in [0.1, 0.15) is 0 Å². The molecule has 6 heteroatoms. The molecule has 1 fully saturated rings. The van der Waals surface area contributed by atoms with Gasteiger partial charge in [0, 0.05) is 12.8 Å². The molecule has 0 aliphatic heterocycles. The highest BCUT2D eigenvalue weighted by Crippen LogP contribution is 2.38. The molecule has 1 unspecified atom stereocenters. The number of carbonyl (C=O) groups is 1. The van der Waals surface area contributed by atoms with Crippen molar-refractivity contribution in [2.24, 2.45) is 11.7 Å². The maximum atomic E-state index is 12.0. The zero-order valence-corrected chi connectivity index (χ0v) is 12.5. The van der Waals surface area contributed by atoms with Crippen molar-refractivity contribution in [3.63, 3.8) is 0 Å². The fourth-order valence-electron chi connectivity index (χ4n) is 2.10. The molecular weight excluding hydrogens is 276 g/mol. The SMILES string of the molecule is CC(N)(C(=O)NCc1ccc(S(C)(=O)=O)cc1)C1CC1. The number of nitrogens with two attached hydrogens (primary N) is 1. The Kier molecular flexibility index (Phi) is 3.88. The molecule has 1 atom stereocenters. The van der Waals surface area contributed by atoms with Crippen LogP contribution in [0.1, 0.15) is 25.3 Å². The first-order chi connectivity index (χ1) is 9.21. The van der Waals surface area contributed by atoms with E-state index in [4.69, 9.17) is 5.73 Å². The highest BCUT2D eigenvalue weighted by atomic mass is 32.2. The van der Waals surface area contributed by atoms with Crippen molar-refractivity contribution in [1.29, 1.82) is 0 Å². The molecule has 1 saturated carbocycles. The molecule has 0 saturated heterocycles. The van der Waals surface area contributed by atoms with E-state index in [1.165, 1.54) is 6.26 Å². The number of rotatable bonds is 5. The summed E-state index contributed by atoms with van der Waals surface area (Å²) in [6.07, 6.45) is 3.17. The van der Waals surface area contributed by atoms with E-state index in [2.05, 4.69) is 5.32 Å². The molecular formula is C14H20N2O3S. The van der Waals surface area contributed by atoms with E-state index in [1.807, 2.05) is 0 Å². The van der Waals surface area contributed by atoms with Crippen LogP contribution in [0.25, 0.3) is 0 Å². The molecule has 110 valence electrons. The Balaban J connectivity index is 1.96. The van der Waals surface area contributed by atoms with Gasteiger partial charge in [-0.2, -0.15) is 0 Å². The zero-order chi connectivity index (χ0) is 15.0. The summed E-state index contributed by atoms with van der Waals surface area (Å²) in [5.74, 6) is 0.113. The predicted octanol–water partition coefficient (Wildman–Crippen LogP) is 0.834. The van der Waals surface area contributed by atoms with E-state index in [9.17, 15) is 13.2 Å². The third-order valence-corrected chi connectivity index (χ3v) is 4.85. The van der Waals surface area contributed by atoms with Gasteiger partial charge in [0.15, 0.2) is 9.84 Å². The second-order valence-corrected chi connectivity index (χ2v) is 7.67. The standard InChI is InChI=1S/C14H20N2O3S/c1-14(15,11-5-6-11)13(17)16-9-10-3-7-12(8-4-10)20(2,18)19/h3-4,7-8,11H,5-6,9,15H2,1-2H3,(H,16,17). The summed E-state index contributed by atoms with van der Waals surface area (Å²) in [6, 6.07) is 6.47. The average Bonchev–Trinajstić information content (AvgIpc) is 3.19. The van der Waals surface area contributed by atoms with E-state index in [0.717, 1.165) is 18.4 Å². The van der Waals surface area contributed by atoms with E-state index < -0.39 is 15.4 Å². The lowest BCUT2D eigenvalue weighted by Gasteiger charge is -2.23. The molecule has 1 aliphatic carbocycles. The lowest BCUT2D eigenvalue weighted by Crippen LogP contribution is -2.53. The van der Waals surface area contributed by atoms with Crippen molar-refractivity contribution in [3.8, 4) is 0 Å². The maximum Gasteiger partial charge on any atom is 0.240 e. The van der Waals surface area contributed by atoms with Crippen LogP contribution in [0.3, 0.4) is 0 Å². The number of sulfone groups is 1. The van der Waals surface area contributed by atoms with Crippen LogP contribution >= 0.6 is 0 Å². The third-order valence-electron chi connectivity index (χ3n) is 3.72. The van der Waals surface area contributed by atoms with Crippen molar-refractivity contribution in [2.75, 3.05) is 6.26 Å². The fraction of sp³-hybridized carbons (Fsp3) is 0.500. The van der Waals surface area contributed by atoms with Gasteiger partial charge in [0.05, 0.1) is 10.4 Å². The summed E-state index contributed by atoms with van der Waals surface area (Å²) in [5, 5.41) is 2.81. The molecule has 0 heterocycles. The Morgan fingerprint density at radius 3 is 2.35 bits per heavy atom. The molecule has 3 N–H and O–H groups in total. The summed E-state index contributed by atoms with van der Waals surface area (Å²) in [7, 11) is -3.18. The van der Waals surface area contributed by atoms with Crippen molar-refractivity contribution >= 4 is 15.7 Å². The third kappa shape index (κ3) is 3.37. The van der Waals surface area contributed by atoms with E-state index in [1.54, 1.807) is 31.2 Å². The van der Waals surface area contributed by atoms with Gasteiger partial charge in [-0.05, 0) is 43.4 Å². The molecule has 1 aromatic carbocycles. The number of benzene rings is 1. The number of amides is 1. The Morgan fingerprint density at radius 2 is 1.90 bits per heavy atom. The minimum atomic E-state index is -3.18. The van der Waals surface area contributed by atoms with Crippen LogP contribution in [0.15, 0.2) is 29.2 Å².